The molecule has 0 aliphatic heterocycles. The summed E-state index contributed by atoms with van der Waals surface area (Å²) in [6.07, 6.45) is 1.56. The van der Waals surface area contributed by atoms with Crippen molar-refractivity contribution in [2.75, 3.05) is 30.8 Å². The second kappa shape index (κ2) is 13.3. The van der Waals surface area contributed by atoms with Gasteiger partial charge in [0, 0.05) is 26.1 Å². The number of aryl methyl sites for hydroxylation is 1. The Hall–Kier alpha value is -3.07. The van der Waals surface area contributed by atoms with E-state index in [1.807, 2.05) is 45.0 Å². The van der Waals surface area contributed by atoms with Crippen molar-refractivity contribution in [3.8, 4) is 5.75 Å². The zero-order chi connectivity index (χ0) is 26.9. The third kappa shape index (κ3) is 8.86. The molecule has 2 amide bonds. The molecule has 0 aromatic heterocycles. The van der Waals surface area contributed by atoms with Crippen LogP contribution in [0.3, 0.4) is 0 Å². The molecule has 2 aromatic carbocycles. The van der Waals surface area contributed by atoms with Gasteiger partial charge in [0.15, 0.2) is 0 Å². The molecule has 2 aromatic rings. The SMILES string of the molecule is COc1ccc(N(CCCC(=O)N(Cc2cccc(C)c2)[C@@H](C)C(=O)NCC(C)C)S(C)(=O)=O)cc1. The summed E-state index contributed by atoms with van der Waals surface area (Å²) in [7, 11) is -2.01. The molecule has 0 saturated carbocycles. The number of hydrogen-bond acceptors (Lipinski definition) is 5. The zero-order valence-corrected chi connectivity index (χ0v) is 23.0. The maximum absolute atomic E-state index is 13.3. The second-order valence-electron chi connectivity index (χ2n) is 9.46. The third-order valence-electron chi connectivity index (χ3n) is 5.80. The summed E-state index contributed by atoms with van der Waals surface area (Å²) < 4.78 is 31.3. The molecule has 198 valence electrons. The van der Waals surface area contributed by atoms with Gasteiger partial charge in [-0.3, -0.25) is 13.9 Å². The number of ether oxygens (including phenoxy) is 1. The molecule has 0 unspecified atom stereocenters. The smallest absolute Gasteiger partial charge is 0.242 e. The van der Waals surface area contributed by atoms with Gasteiger partial charge in [0.25, 0.3) is 0 Å². The van der Waals surface area contributed by atoms with Crippen LogP contribution in [0.4, 0.5) is 5.69 Å². The van der Waals surface area contributed by atoms with E-state index in [2.05, 4.69) is 5.32 Å². The first-order chi connectivity index (χ1) is 16.9. The highest BCUT2D eigenvalue weighted by Gasteiger charge is 2.26. The highest BCUT2D eigenvalue weighted by Crippen LogP contribution is 2.22. The number of rotatable bonds is 13. The number of carbonyl (C=O) groups excluding carboxylic acids is 2. The number of methoxy groups -OCH3 is 1. The van der Waals surface area contributed by atoms with Crippen molar-refractivity contribution in [3.05, 3.63) is 59.7 Å². The van der Waals surface area contributed by atoms with Crippen LogP contribution in [-0.4, -0.2) is 57.6 Å². The Bertz CT molecular complexity index is 1120. The molecule has 0 heterocycles. The van der Waals surface area contributed by atoms with Crippen LogP contribution in [0.25, 0.3) is 0 Å². The predicted octanol–water partition coefficient (Wildman–Crippen LogP) is 3.74. The summed E-state index contributed by atoms with van der Waals surface area (Å²) >= 11 is 0. The summed E-state index contributed by atoms with van der Waals surface area (Å²) in [6.45, 7) is 8.69. The largest absolute Gasteiger partial charge is 0.497 e. The van der Waals surface area contributed by atoms with Crippen LogP contribution in [0.5, 0.6) is 5.75 Å². The van der Waals surface area contributed by atoms with Crippen LogP contribution in [0.2, 0.25) is 0 Å². The van der Waals surface area contributed by atoms with Gasteiger partial charge in [-0.15, -0.1) is 0 Å². The van der Waals surface area contributed by atoms with Crippen molar-refractivity contribution in [3.63, 3.8) is 0 Å². The lowest BCUT2D eigenvalue weighted by Gasteiger charge is -2.30. The topological polar surface area (TPSA) is 96.0 Å². The molecule has 0 radical (unpaired) electrons. The Labute approximate surface area is 215 Å². The molecule has 0 fully saturated rings. The quantitative estimate of drug-likeness (QED) is 0.437. The molecule has 0 bridgehead atoms. The average molecular weight is 518 g/mol. The number of benzene rings is 2. The van der Waals surface area contributed by atoms with Crippen molar-refractivity contribution in [1.82, 2.24) is 10.2 Å². The molecule has 0 spiro atoms. The minimum absolute atomic E-state index is 0.107. The Morgan fingerprint density at radius 3 is 2.28 bits per heavy atom. The van der Waals surface area contributed by atoms with Gasteiger partial charge in [-0.1, -0.05) is 43.7 Å². The van der Waals surface area contributed by atoms with Crippen LogP contribution < -0.4 is 14.4 Å². The molecular weight excluding hydrogens is 478 g/mol. The summed E-state index contributed by atoms with van der Waals surface area (Å²) in [5.74, 6) is 0.508. The fourth-order valence-electron chi connectivity index (χ4n) is 3.79. The summed E-state index contributed by atoms with van der Waals surface area (Å²) in [6, 6.07) is 13.9. The molecule has 36 heavy (non-hydrogen) atoms. The fourth-order valence-corrected chi connectivity index (χ4v) is 4.76. The van der Waals surface area contributed by atoms with Gasteiger partial charge in [-0.25, -0.2) is 8.42 Å². The zero-order valence-electron chi connectivity index (χ0n) is 22.2. The number of hydrogen-bond donors (Lipinski definition) is 1. The number of sulfonamides is 1. The maximum Gasteiger partial charge on any atom is 0.242 e. The molecule has 0 saturated heterocycles. The highest BCUT2D eigenvalue weighted by atomic mass is 32.2. The average Bonchev–Trinajstić information content (AvgIpc) is 2.82. The Kier molecular flexibility index (Phi) is 10.8. The van der Waals surface area contributed by atoms with Crippen LogP contribution in [0.15, 0.2) is 48.5 Å². The first-order valence-corrected chi connectivity index (χ1v) is 14.0. The molecule has 0 aliphatic rings. The fraction of sp³-hybridized carbons (Fsp3) is 0.481. The number of carbonyl (C=O) groups is 2. The lowest BCUT2D eigenvalue weighted by molar-refractivity contribution is -0.140. The van der Waals surface area contributed by atoms with Crippen molar-refractivity contribution in [2.45, 2.75) is 53.1 Å². The third-order valence-corrected chi connectivity index (χ3v) is 6.99. The van der Waals surface area contributed by atoms with Gasteiger partial charge in [0.1, 0.15) is 11.8 Å². The molecule has 9 heteroatoms. The van der Waals surface area contributed by atoms with Gasteiger partial charge in [-0.2, -0.15) is 0 Å². The highest BCUT2D eigenvalue weighted by molar-refractivity contribution is 7.92. The number of nitrogens with one attached hydrogen (secondary N) is 1. The number of amides is 2. The first kappa shape index (κ1) is 29.2. The van der Waals surface area contributed by atoms with E-state index in [-0.39, 0.29) is 24.8 Å². The monoisotopic (exact) mass is 517 g/mol. The summed E-state index contributed by atoms with van der Waals surface area (Å²) in [5.41, 5.74) is 2.51. The van der Waals surface area contributed by atoms with E-state index in [0.717, 1.165) is 17.4 Å². The predicted molar refractivity (Wildman–Crippen MR) is 143 cm³/mol. The number of anilines is 1. The summed E-state index contributed by atoms with van der Waals surface area (Å²) in [5, 5.41) is 2.91. The molecule has 1 atom stereocenters. The lowest BCUT2D eigenvalue weighted by Crippen LogP contribution is -2.48. The minimum Gasteiger partial charge on any atom is -0.497 e. The van der Waals surface area contributed by atoms with Gasteiger partial charge in [0.05, 0.1) is 19.1 Å². The van der Waals surface area contributed by atoms with Crippen LogP contribution >= 0.6 is 0 Å². The Morgan fingerprint density at radius 2 is 1.72 bits per heavy atom. The molecule has 0 aliphatic carbocycles. The van der Waals surface area contributed by atoms with Gasteiger partial charge in [-0.05, 0) is 56.0 Å². The number of nitrogens with zero attached hydrogens (tertiary/aromatic N) is 2. The normalized spacial score (nSPS) is 12.2. The van der Waals surface area contributed by atoms with Crippen molar-refractivity contribution in [1.29, 1.82) is 0 Å². The standard InChI is InChI=1S/C27H39N3O5S/c1-20(2)18-28-27(32)22(4)29(19-23-10-7-9-21(3)17-23)26(31)11-8-16-30(36(6,33)34)24-12-14-25(35-5)15-13-24/h7,9-10,12-15,17,20,22H,8,11,16,18-19H2,1-6H3,(H,28,32)/t22-/m0/s1. The van der Waals surface area contributed by atoms with Gasteiger partial charge in [0.2, 0.25) is 21.8 Å². The minimum atomic E-state index is -3.55. The van der Waals surface area contributed by atoms with E-state index in [4.69, 9.17) is 4.74 Å². The van der Waals surface area contributed by atoms with Crippen LogP contribution in [0, 0.1) is 12.8 Å². The van der Waals surface area contributed by atoms with Crippen LogP contribution in [0.1, 0.15) is 44.7 Å². The Morgan fingerprint density at radius 1 is 1.06 bits per heavy atom. The second-order valence-corrected chi connectivity index (χ2v) is 11.4. The summed E-state index contributed by atoms with van der Waals surface area (Å²) in [4.78, 5) is 27.7. The molecule has 8 nitrogen and oxygen atoms in total. The van der Waals surface area contributed by atoms with E-state index in [1.165, 1.54) is 4.31 Å². The lowest BCUT2D eigenvalue weighted by atomic mass is 10.1. The van der Waals surface area contributed by atoms with Crippen LogP contribution in [-0.2, 0) is 26.2 Å². The van der Waals surface area contributed by atoms with E-state index in [1.54, 1.807) is 43.2 Å². The molecule has 1 N–H and O–H groups in total. The van der Waals surface area contributed by atoms with E-state index in [0.29, 0.717) is 36.9 Å². The van der Waals surface area contributed by atoms with Crippen molar-refractivity contribution < 1.29 is 22.7 Å². The molecular formula is C27H39N3O5S. The van der Waals surface area contributed by atoms with Gasteiger partial charge >= 0.3 is 0 Å². The van der Waals surface area contributed by atoms with Crippen molar-refractivity contribution in [2.24, 2.45) is 5.92 Å². The van der Waals surface area contributed by atoms with E-state index in [9.17, 15) is 18.0 Å². The van der Waals surface area contributed by atoms with E-state index >= 15 is 0 Å². The maximum atomic E-state index is 13.3. The van der Waals surface area contributed by atoms with Crippen molar-refractivity contribution >= 4 is 27.5 Å². The van der Waals surface area contributed by atoms with E-state index < -0.39 is 16.1 Å². The first-order valence-electron chi connectivity index (χ1n) is 12.2. The Balaban J connectivity index is 2.15. The molecule has 2 rings (SSSR count). The van der Waals surface area contributed by atoms with Gasteiger partial charge < -0.3 is 15.0 Å².